The Bertz CT molecular complexity index is 709. The van der Waals surface area contributed by atoms with Gasteiger partial charge in [0, 0.05) is 12.5 Å². The SMILES string of the molecule is COc1ccc([C@H](O)[C@H](CO)C/C=C/c2ccc(OC)c(OC)c2)cc1. The molecule has 0 aliphatic heterocycles. The second kappa shape index (κ2) is 9.85. The zero-order valence-corrected chi connectivity index (χ0v) is 15.4. The van der Waals surface area contributed by atoms with E-state index in [9.17, 15) is 10.2 Å². The fourth-order valence-corrected chi connectivity index (χ4v) is 2.71. The second-order valence-electron chi connectivity index (χ2n) is 5.91. The Morgan fingerprint density at radius 1 is 0.923 bits per heavy atom. The molecular formula is C21H26O5. The first-order valence-corrected chi connectivity index (χ1v) is 8.44. The van der Waals surface area contributed by atoms with Crippen molar-refractivity contribution in [2.24, 2.45) is 5.92 Å². The Morgan fingerprint density at radius 3 is 2.19 bits per heavy atom. The van der Waals surface area contributed by atoms with Gasteiger partial charge in [0.05, 0.1) is 27.4 Å². The van der Waals surface area contributed by atoms with Crippen molar-refractivity contribution in [2.45, 2.75) is 12.5 Å². The molecule has 0 saturated carbocycles. The molecule has 26 heavy (non-hydrogen) atoms. The van der Waals surface area contributed by atoms with Gasteiger partial charge in [0.1, 0.15) is 5.75 Å². The minimum atomic E-state index is -0.749. The lowest BCUT2D eigenvalue weighted by Crippen LogP contribution is -2.16. The summed E-state index contributed by atoms with van der Waals surface area (Å²) in [6.07, 6.45) is 3.67. The van der Waals surface area contributed by atoms with Gasteiger partial charge in [0.25, 0.3) is 0 Å². The third kappa shape index (κ3) is 5.00. The summed E-state index contributed by atoms with van der Waals surface area (Å²) in [5, 5.41) is 20.2. The van der Waals surface area contributed by atoms with Gasteiger partial charge >= 0.3 is 0 Å². The van der Waals surface area contributed by atoms with E-state index in [1.54, 1.807) is 33.5 Å². The van der Waals surface area contributed by atoms with Crippen LogP contribution >= 0.6 is 0 Å². The summed E-state index contributed by atoms with van der Waals surface area (Å²) in [7, 11) is 4.79. The van der Waals surface area contributed by atoms with Gasteiger partial charge in [-0.3, -0.25) is 0 Å². The summed E-state index contributed by atoms with van der Waals surface area (Å²) in [4.78, 5) is 0. The number of hydrogen-bond donors (Lipinski definition) is 2. The van der Waals surface area contributed by atoms with Crippen LogP contribution in [-0.4, -0.2) is 38.1 Å². The summed E-state index contributed by atoms with van der Waals surface area (Å²) in [6, 6.07) is 12.9. The maximum absolute atomic E-state index is 10.5. The Morgan fingerprint density at radius 2 is 1.62 bits per heavy atom. The fourth-order valence-electron chi connectivity index (χ4n) is 2.71. The number of ether oxygens (including phenoxy) is 3. The molecule has 2 aromatic carbocycles. The molecule has 0 heterocycles. The van der Waals surface area contributed by atoms with Crippen LogP contribution in [0.3, 0.4) is 0 Å². The van der Waals surface area contributed by atoms with Crippen molar-refractivity contribution in [1.29, 1.82) is 0 Å². The molecule has 0 bridgehead atoms. The van der Waals surface area contributed by atoms with Crippen molar-refractivity contribution in [3.63, 3.8) is 0 Å². The molecule has 0 aliphatic rings. The van der Waals surface area contributed by atoms with Gasteiger partial charge < -0.3 is 24.4 Å². The predicted octanol–water partition coefficient (Wildman–Crippen LogP) is 3.46. The van der Waals surface area contributed by atoms with E-state index in [1.165, 1.54) is 0 Å². The Balaban J connectivity index is 2.04. The summed E-state index contributed by atoms with van der Waals surface area (Å²) in [5.41, 5.74) is 1.71. The molecule has 2 N–H and O–H groups in total. The molecule has 2 atom stereocenters. The molecule has 5 heteroatoms. The number of methoxy groups -OCH3 is 3. The maximum atomic E-state index is 10.5. The number of rotatable bonds is 9. The molecule has 2 rings (SSSR count). The average molecular weight is 358 g/mol. The van der Waals surface area contributed by atoms with Crippen molar-refractivity contribution < 1.29 is 24.4 Å². The van der Waals surface area contributed by atoms with Crippen molar-refractivity contribution in [3.8, 4) is 17.2 Å². The minimum Gasteiger partial charge on any atom is -0.497 e. The zero-order valence-electron chi connectivity index (χ0n) is 15.4. The Kier molecular flexibility index (Phi) is 7.51. The maximum Gasteiger partial charge on any atom is 0.161 e. The van der Waals surface area contributed by atoms with Crippen LogP contribution in [-0.2, 0) is 0 Å². The first kappa shape index (κ1) is 19.8. The van der Waals surface area contributed by atoms with E-state index < -0.39 is 6.10 Å². The van der Waals surface area contributed by atoms with Crippen LogP contribution in [0.5, 0.6) is 17.2 Å². The molecule has 0 saturated heterocycles. The fraction of sp³-hybridized carbons (Fsp3) is 0.333. The van der Waals surface area contributed by atoms with Crippen molar-refractivity contribution >= 4 is 6.08 Å². The van der Waals surface area contributed by atoms with Gasteiger partial charge in [-0.1, -0.05) is 30.4 Å². The Hall–Kier alpha value is -2.50. The van der Waals surface area contributed by atoms with Gasteiger partial charge in [0.15, 0.2) is 11.5 Å². The summed E-state index contributed by atoms with van der Waals surface area (Å²) >= 11 is 0. The molecule has 0 spiro atoms. The molecule has 5 nitrogen and oxygen atoms in total. The third-order valence-corrected chi connectivity index (χ3v) is 4.30. The Labute approximate surface area is 154 Å². The molecular weight excluding hydrogens is 332 g/mol. The largest absolute Gasteiger partial charge is 0.497 e. The zero-order chi connectivity index (χ0) is 18.9. The smallest absolute Gasteiger partial charge is 0.161 e. The highest BCUT2D eigenvalue weighted by Gasteiger charge is 2.19. The van der Waals surface area contributed by atoms with Crippen LogP contribution in [0.15, 0.2) is 48.5 Å². The summed E-state index contributed by atoms with van der Waals surface area (Å²) in [6.45, 7) is -0.108. The molecule has 140 valence electrons. The lowest BCUT2D eigenvalue weighted by Gasteiger charge is -2.20. The molecule has 0 aromatic heterocycles. The van der Waals surface area contributed by atoms with E-state index in [-0.39, 0.29) is 12.5 Å². The molecule has 2 aromatic rings. The van der Waals surface area contributed by atoms with E-state index >= 15 is 0 Å². The molecule has 0 fully saturated rings. The first-order valence-electron chi connectivity index (χ1n) is 8.44. The van der Waals surface area contributed by atoms with E-state index in [2.05, 4.69) is 0 Å². The van der Waals surface area contributed by atoms with Crippen LogP contribution in [0.1, 0.15) is 23.7 Å². The lowest BCUT2D eigenvalue weighted by atomic mass is 9.93. The standard InChI is InChI=1S/C21H26O5/c1-24-18-10-8-16(9-11-18)21(23)17(14-22)6-4-5-15-7-12-19(25-2)20(13-15)26-3/h4-5,7-13,17,21-23H,6,14H2,1-3H3/b5-4+/t17-,21-/m0/s1. The number of aliphatic hydroxyl groups is 2. The molecule has 0 radical (unpaired) electrons. The highest BCUT2D eigenvalue weighted by molar-refractivity contribution is 5.55. The number of aliphatic hydroxyl groups excluding tert-OH is 2. The van der Waals surface area contributed by atoms with Crippen LogP contribution in [0.4, 0.5) is 0 Å². The number of benzene rings is 2. The second-order valence-corrected chi connectivity index (χ2v) is 5.91. The van der Waals surface area contributed by atoms with E-state index in [0.29, 0.717) is 17.9 Å². The van der Waals surface area contributed by atoms with E-state index in [0.717, 1.165) is 16.9 Å². The van der Waals surface area contributed by atoms with Gasteiger partial charge in [-0.2, -0.15) is 0 Å². The van der Waals surface area contributed by atoms with Crippen LogP contribution in [0.25, 0.3) is 6.08 Å². The monoisotopic (exact) mass is 358 g/mol. The van der Waals surface area contributed by atoms with Crippen molar-refractivity contribution in [2.75, 3.05) is 27.9 Å². The predicted molar refractivity (Wildman–Crippen MR) is 102 cm³/mol. The quantitative estimate of drug-likeness (QED) is 0.718. The topological polar surface area (TPSA) is 68.2 Å². The normalized spacial score (nSPS) is 13.4. The van der Waals surface area contributed by atoms with Gasteiger partial charge in [0.2, 0.25) is 0 Å². The summed E-state index contributed by atoms with van der Waals surface area (Å²) in [5.74, 6) is 1.77. The average Bonchev–Trinajstić information content (AvgIpc) is 2.70. The van der Waals surface area contributed by atoms with Crippen LogP contribution in [0.2, 0.25) is 0 Å². The van der Waals surface area contributed by atoms with Crippen LogP contribution < -0.4 is 14.2 Å². The highest BCUT2D eigenvalue weighted by Crippen LogP contribution is 2.29. The first-order chi connectivity index (χ1) is 12.6. The summed E-state index contributed by atoms with van der Waals surface area (Å²) < 4.78 is 15.6. The van der Waals surface area contributed by atoms with E-state index in [1.807, 2.05) is 42.5 Å². The van der Waals surface area contributed by atoms with Crippen molar-refractivity contribution in [1.82, 2.24) is 0 Å². The molecule has 0 unspecified atom stereocenters. The molecule has 0 aliphatic carbocycles. The van der Waals surface area contributed by atoms with Crippen molar-refractivity contribution in [3.05, 3.63) is 59.7 Å². The number of allylic oxidation sites excluding steroid dienone is 1. The van der Waals surface area contributed by atoms with E-state index in [4.69, 9.17) is 14.2 Å². The lowest BCUT2D eigenvalue weighted by molar-refractivity contribution is 0.0684. The van der Waals surface area contributed by atoms with Gasteiger partial charge in [-0.25, -0.2) is 0 Å². The highest BCUT2D eigenvalue weighted by atomic mass is 16.5. The van der Waals surface area contributed by atoms with Gasteiger partial charge in [-0.15, -0.1) is 0 Å². The molecule has 0 amide bonds. The number of hydrogen-bond acceptors (Lipinski definition) is 5. The van der Waals surface area contributed by atoms with Crippen LogP contribution in [0, 0.1) is 5.92 Å². The van der Waals surface area contributed by atoms with Gasteiger partial charge in [-0.05, 0) is 41.8 Å². The minimum absolute atomic E-state index is 0.108. The third-order valence-electron chi connectivity index (χ3n) is 4.30.